The van der Waals surface area contributed by atoms with Crippen molar-refractivity contribution in [3.8, 4) is 11.5 Å². The predicted octanol–water partition coefficient (Wildman–Crippen LogP) is 2.28. The zero-order valence-electron chi connectivity index (χ0n) is 15.2. The molecule has 0 radical (unpaired) electrons. The first-order chi connectivity index (χ1) is 13.1. The molecule has 0 aliphatic rings. The Hall–Kier alpha value is -3.34. The van der Waals surface area contributed by atoms with Gasteiger partial charge in [-0.3, -0.25) is 10.1 Å². The third kappa shape index (κ3) is 3.98. The van der Waals surface area contributed by atoms with Gasteiger partial charge in [-0.2, -0.15) is 0 Å². The number of nitro groups is 1. The number of carboxylic acids is 1. The van der Waals surface area contributed by atoms with E-state index in [9.17, 15) is 28.4 Å². The second-order valence-corrected chi connectivity index (χ2v) is 7.42. The van der Waals surface area contributed by atoms with E-state index >= 15 is 0 Å². The van der Waals surface area contributed by atoms with Crippen molar-refractivity contribution >= 4 is 27.4 Å². The van der Waals surface area contributed by atoms with Crippen LogP contribution >= 0.6 is 0 Å². The molecule has 0 fully saturated rings. The van der Waals surface area contributed by atoms with Crippen LogP contribution in [0.3, 0.4) is 0 Å². The Labute approximate surface area is 161 Å². The molecule has 1 unspecified atom stereocenters. The van der Waals surface area contributed by atoms with Crippen molar-refractivity contribution in [3.63, 3.8) is 0 Å². The Morgan fingerprint density at radius 3 is 2.39 bits per heavy atom. The van der Waals surface area contributed by atoms with Crippen molar-refractivity contribution in [2.75, 3.05) is 18.5 Å². The highest BCUT2D eigenvalue weighted by Crippen LogP contribution is 2.37. The molecule has 0 heterocycles. The average molecular weight is 410 g/mol. The summed E-state index contributed by atoms with van der Waals surface area (Å²) in [5.74, 6) is -1.06. The van der Waals surface area contributed by atoms with E-state index in [4.69, 9.17) is 9.47 Å². The fourth-order valence-electron chi connectivity index (χ4n) is 2.49. The molecule has 150 valence electrons. The van der Waals surface area contributed by atoms with Gasteiger partial charge in [-0.05, 0) is 25.1 Å². The molecular formula is C17H18N2O8S. The van der Waals surface area contributed by atoms with Crippen LogP contribution in [0.4, 0.5) is 11.4 Å². The van der Waals surface area contributed by atoms with E-state index in [-0.39, 0.29) is 17.2 Å². The summed E-state index contributed by atoms with van der Waals surface area (Å²) in [6, 6.07) is 7.08. The Morgan fingerprint density at radius 1 is 1.18 bits per heavy atom. The summed E-state index contributed by atoms with van der Waals surface area (Å²) in [6.07, 6.45) is 0. The number of aliphatic carboxylic acids is 1. The molecule has 0 saturated heterocycles. The number of nitro benzene ring substituents is 1. The maximum Gasteiger partial charge on any atom is 0.327 e. The molecule has 11 heteroatoms. The van der Waals surface area contributed by atoms with Gasteiger partial charge in [-0.25, -0.2) is 17.5 Å². The van der Waals surface area contributed by atoms with Crippen molar-refractivity contribution in [3.05, 3.63) is 52.6 Å². The molecule has 0 amide bonds. The van der Waals surface area contributed by atoms with Gasteiger partial charge in [0.25, 0.3) is 15.7 Å². The van der Waals surface area contributed by atoms with Crippen molar-refractivity contribution < 1.29 is 32.7 Å². The van der Waals surface area contributed by atoms with Crippen LogP contribution in [0.25, 0.3) is 0 Å². The molecular weight excluding hydrogens is 392 g/mol. The third-order valence-electron chi connectivity index (χ3n) is 3.92. The number of hydrogen-bond donors (Lipinski definition) is 1. The van der Waals surface area contributed by atoms with Crippen molar-refractivity contribution in [1.82, 2.24) is 0 Å². The summed E-state index contributed by atoms with van der Waals surface area (Å²) in [7, 11) is -1.83. The van der Waals surface area contributed by atoms with Gasteiger partial charge in [-0.15, -0.1) is 0 Å². The molecule has 0 aromatic heterocycles. The lowest BCUT2D eigenvalue weighted by Gasteiger charge is -2.29. The molecule has 2 rings (SSSR count). The molecule has 2 aromatic carbocycles. The van der Waals surface area contributed by atoms with E-state index < -0.39 is 37.5 Å². The van der Waals surface area contributed by atoms with E-state index in [0.717, 1.165) is 18.2 Å². The quantitative estimate of drug-likeness (QED) is 0.517. The number of ether oxygens (including phenoxy) is 2. The van der Waals surface area contributed by atoms with Gasteiger partial charge in [-0.1, -0.05) is 6.07 Å². The third-order valence-corrected chi connectivity index (χ3v) is 5.80. The van der Waals surface area contributed by atoms with Crippen LogP contribution in [-0.4, -0.2) is 44.7 Å². The van der Waals surface area contributed by atoms with E-state index in [1.54, 1.807) is 0 Å². The summed E-state index contributed by atoms with van der Waals surface area (Å²) in [6.45, 7) is 1.18. The molecule has 0 aliphatic heterocycles. The number of methoxy groups -OCH3 is 2. The minimum absolute atomic E-state index is 0.0803. The van der Waals surface area contributed by atoms with Gasteiger partial charge in [0.1, 0.15) is 17.5 Å². The normalized spacial score (nSPS) is 12.1. The number of benzene rings is 2. The van der Waals surface area contributed by atoms with E-state index in [0.29, 0.717) is 4.31 Å². The molecule has 0 saturated carbocycles. The molecule has 28 heavy (non-hydrogen) atoms. The van der Waals surface area contributed by atoms with Crippen LogP contribution in [0.15, 0.2) is 47.4 Å². The SMILES string of the molecule is COc1ccc(OC)c(N(C(C)C(=O)O)S(=O)(=O)c2cccc([N+](=O)[O-])c2)c1. The summed E-state index contributed by atoms with van der Waals surface area (Å²) in [4.78, 5) is 21.5. The molecule has 0 bridgehead atoms. The maximum absolute atomic E-state index is 13.3. The number of carbonyl (C=O) groups is 1. The Balaban J connectivity index is 2.76. The standard InChI is InChI=1S/C17H18N2O8S/c1-11(17(20)21)18(15-10-13(26-2)7-8-16(15)27-3)28(24,25)14-6-4-5-12(9-14)19(22)23/h4-11H,1-3H3,(H,20,21). The Kier molecular flexibility index (Phi) is 6.09. The number of hydrogen-bond acceptors (Lipinski definition) is 7. The summed E-state index contributed by atoms with van der Waals surface area (Å²) in [5.41, 5.74) is -0.523. The predicted molar refractivity (Wildman–Crippen MR) is 99.4 cm³/mol. The summed E-state index contributed by atoms with van der Waals surface area (Å²) in [5, 5.41) is 20.5. The number of rotatable bonds is 8. The second-order valence-electron chi connectivity index (χ2n) is 5.61. The first-order valence-corrected chi connectivity index (χ1v) is 9.31. The molecule has 0 aliphatic carbocycles. The van der Waals surface area contributed by atoms with Crippen LogP contribution in [0, 0.1) is 10.1 Å². The van der Waals surface area contributed by atoms with Crippen LogP contribution in [-0.2, 0) is 14.8 Å². The molecule has 2 aromatic rings. The first kappa shape index (κ1) is 21.0. The van der Waals surface area contributed by atoms with Crippen molar-refractivity contribution in [2.45, 2.75) is 17.9 Å². The van der Waals surface area contributed by atoms with Gasteiger partial charge in [0.15, 0.2) is 0 Å². The zero-order valence-corrected chi connectivity index (χ0v) is 16.0. The van der Waals surface area contributed by atoms with E-state index in [1.165, 1.54) is 45.4 Å². The zero-order chi connectivity index (χ0) is 21.1. The van der Waals surface area contributed by atoms with Crippen molar-refractivity contribution in [1.29, 1.82) is 0 Å². The lowest BCUT2D eigenvalue weighted by molar-refractivity contribution is -0.385. The number of carboxylic acid groups (broad SMARTS) is 1. The number of sulfonamides is 1. The van der Waals surface area contributed by atoms with Gasteiger partial charge in [0, 0.05) is 18.2 Å². The van der Waals surface area contributed by atoms with Gasteiger partial charge in [0.2, 0.25) is 0 Å². The number of non-ortho nitro benzene ring substituents is 1. The van der Waals surface area contributed by atoms with Gasteiger partial charge in [0.05, 0.1) is 29.7 Å². The average Bonchev–Trinajstić information content (AvgIpc) is 2.67. The van der Waals surface area contributed by atoms with Gasteiger partial charge < -0.3 is 14.6 Å². The number of anilines is 1. The van der Waals surface area contributed by atoms with E-state index in [1.807, 2.05) is 0 Å². The Bertz CT molecular complexity index is 1010. The minimum atomic E-state index is -4.50. The van der Waals surface area contributed by atoms with Crippen molar-refractivity contribution in [2.24, 2.45) is 0 Å². The Morgan fingerprint density at radius 2 is 1.86 bits per heavy atom. The van der Waals surface area contributed by atoms with Crippen LogP contribution in [0.1, 0.15) is 6.92 Å². The van der Waals surface area contributed by atoms with E-state index in [2.05, 4.69) is 0 Å². The fraction of sp³-hybridized carbons (Fsp3) is 0.235. The minimum Gasteiger partial charge on any atom is -0.497 e. The topological polar surface area (TPSA) is 136 Å². The highest BCUT2D eigenvalue weighted by molar-refractivity contribution is 7.93. The monoisotopic (exact) mass is 410 g/mol. The second kappa shape index (κ2) is 8.13. The fourth-order valence-corrected chi connectivity index (χ4v) is 4.14. The molecule has 10 nitrogen and oxygen atoms in total. The number of nitrogens with zero attached hydrogens (tertiary/aromatic N) is 2. The highest BCUT2D eigenvalue weighted by atomic mass is 32.2. The smallest absolute Gasteiger partial charge is 0.327 e. The summed E-state index contributed by atoms with van der Waals surface area (Å²) < 4.78 is 37.5. The lowest BCUT2D eigenvalue weighted by atomic mass is 10.2. The van der Waals surface area contributed by atoms with Crippen LogP contribution in [0.5, 0.6) is 11.5 Å². The highest BCUT2D eigenvalue weighted by Gasteiger charge is 2.36. The first-order valence-electron chi connectivity index (χ1n) is 7.87. The molecule has 1 N–H and O–H groups in total. The largest absolute Gasteiger partial charge is 0.497 e. The summed E-state index contributed by atoms with van der Waals surface area (Å²) >= 11 is 0. The maximum atomic E-state index is 13.3. The van der Waals surface area contributed by atoms with Crippen LogP contribution in [0.2, 0.25) is 0 Å². The molecule has 0 spiro atoms. The molecule has 1 atom stereocenters. The lowest BCUT2D eigenvalue weighted by Crippen LogP contribution is -2.43. The van der Waals surface area contributed by atoms with Crippen LogP contribution < -0.4 is 13.8 Å². The van der Waals surface area contributed by atoms with Gasteiger partial charge >= 0.3 is 5.97 Å².